The van der Waals surface area contributed by atoms with E-state index in [-0.39, 0.29) is 0 Å². The normalized spacial score (nSPS) is 23.0. The highest BCUT2D eigenvalue weighted by Crippen LogP contribution is 2.31. The molecule has 0 atom stereocenters. The molecule has 2 N–H and O–H groups in total. The number of likely N-dealkylation sites (tertiary alicyclic amines) is 1. The third-order valence-corrected chi connectivity index (χ3v) is 5.16. The number of hydrogen-bond donors (Lipinski definition) is 2. The quantitative estimate of drug-likeness (QED) is 0.878. The van der Waals surface area contributed by atoms with Crippen molar-refractivity contribution in [1.82, 2.24) is 10.2 Å². The van der Waals surface area contributed by atoms with E-state index in [9.17, 15) is 5.11 Å². The molecular formula is C17H25ClN2O. The summed E-state index contributed by atoms with van der Waals surface area (Å²) in [4.78, 5) is 2.50. The highest BCUT2D eigenvalue weighted by Gasteiger charge is 2.34. The summed E-state index contributed by atoms with van der Waals surface area (Å²) in [6.45, 7) is 4.03. The molecule has 0 unspecified atom stereocenters. The summed E-state index contributed by atoms with van der Waals surface area (Å²) < 4.78 is 0. The van der Waals surface area contributed by atoms with Crippen LogP contribution in [0.15, 0.2) is 24.3 Å². The van der Waals surface area contributed by atoms with Gasteiger partial charge < -0.3 is 10.4 Å². The van der Waals surface area contributed by atoms with Crippen LogP contribution >= 0.6 is 11.6 Å². The van der Waals surface area contributed by atoms with Crippen LogP contribution in [-0.4, -0.2) is 41.3 Å². The third kappa shape index (κ3) is 4.19. The van der Waals surface area contributed by atoms with E-state index in [1.54, 1.807) is 0 Å². The predicted octanol–water partition coefficient (Wildman–Crippen LogP) is 2.81. The van der Waals surface area contributed by atoms with E-state index in [1.807, 2.05) is 12.1 Å². The van der Waals surface area contributed by atoms with Crippen LogP contribution in [0.2, 0.25) is 5.02 Å². The van der Waals surface area contributed by atoms with Gasteiger partial charge in [0.25, 0.3) is 0 Å². The lowest BCUT2D eigenvalue weighted by atomic mass is 9.80. The summed E-state index contributed by atoms with van der Waals surface area (Å²) >= 11 is 5.92. The molecule has 0 bridgehead atoms. The molecule has 1 aliphatic heterocycles. The van der Waals surface area contributed by atoms with Crippen molar-refractivity contribution >= 4 is 11.6 Å². The largest absolute Gasteiger partial charge is 0.389 e. The number of benzene rings is 1. The van der Waals surface area contributed by atoms with E-state index < -0.39 is 5.60 Å². The van der Waals surface area contributed by atoms with E-state index in [0.717, 1.165) is 44.0 Å². The first-order valence-electron chi connectivity index (χ1n) is 8.06. The summed E-state index contributed by atoms with van der Waals surface area (Å²) in [5.74, 6) is 0. The predicted molar refractivity (Wildman–Crippen MR) is 86.6 cm³/mol. The van der Waals surface area contributed by atoms with Crippen molar-refractivity contribution < 1.29 is 5.11 Å². The zero-order valence-corrected chi connectivity index (χ0v) is 13.3. The fraction of sp³-hybridized carbons (Fsp3) is 0.647. The number of nitrogens with zero attached hydrogens (tertiary/aromatic N) is 1. The summed E-state index contributed by atoms with van der Waals surface area (Å²) in [5, 5.41) is 14.5. The second kappa shape index (κ2) is 6.66. The lowest BCUT2D eigenvalue weighted by molar-refractivity contribution is -0.0345. The maximum absolute atomic E-state index is 10.1. The lowest BCUT2D eigenvalue weighted by Gasteiger charge is -2.39. The molecule has 1 aromatic carbocycles. The van der Waals surface area contributed by atoms with E-state index in [0.29, 0.717) is 6.04 Å². The first-order chi connectivity index (χ1) is 10.1. The van der Waals surface area contributed by atoms with E-state index in [2.05, 4.69) is 22.3 Å². The molecule has 0 aromatic heterocycles. The number of rotatable bonds is 5. The van der Waals surface area contributed by atoms with Crippen LogP contribution in [0.4, 0.5) is 0 Å². The SMILES string of the molecule is OC1(CNC2CCN(Cc3ccc(Cl)cc3)CC2)CCC1. The van der Waals surface area contributed by atoms with Crippen LogP contribution < -0.4 is 5.32 Å². The molecule has 1 saturated heterocycles. The summed E-state index contributed by atoms with van der Waals surface area (Å²) in [6, 6.07) is 8.71. The van der Waals surface area contributed by atoms with E-state index in [1.165, 1.54) is 24.8 Å². The summed E-state index contributed by atoms with van der Waals surface area (Å²) in [6.07, 6.45) is 5.45. The highest BCUT2D eigenvalue weighted by molar-refractivity contribution is 6.30. The highest BCUT2D eigenvalue weighted by atomic mass is 35.5. The first-order valence-corrected chi connectivity index (χ1v) is 8.43. The van der Waals surface area contributed by atoms with Gasteiger partial charge in [0.1, 0.15) is 0 Å². The Hall–Kier alpha value is -0.610. The van der Waals surface area contributed by atoms with Crippen molar-refractivity contribution in [3.05, 3.63) is 34.9 Å². The lowest BCUT2D eigenvalue weighted by Crippen LogP contribution is -2.51. The number of hydrogen-bond acceptors (Lipinski definition) is 3. The van der Waals surface area contributed by atoms with Gasteiger partial charge in [-0.1, -0.05) is 23.7 Å². The molecule has 1 aromatic rings. The minimum absolute atomic E-state index is 0.402. The van der Waals surface area contributed by atoms with Crippen LogP contribution in [0.5, 0.6) is 0 Å². The van der Waals surface area contributed by atoms with Gasteiger partial charge in [-0.05, 0) is 62.9 Å². The van der Waals surface area contributed by atoms with Crippen LogP contribution in [0.3, 0.4) is 0 Å². The molecule has 2 fully saturated rings. The van der Waals surface area contributed by atoms with Crippen LogP contribution in [0.1, 0.15) is 37.7 Å². The van der Waals surface area contributed by atoms with Crippen LogP contribution in [-0.2, 0) is 6.54 Å². The molecule has 0 amide bonds. The first kappa shape index (κ1) is 15.3. The van der Waals surface area contributed by atoms with Gasteiger partial charge in [-0.25, -0.2) is 0 Å². The van der Waals surface area contributed by atoms with Gasteiger partial charge in [-0.2, -0.15) is 0 Å². The van der Waals surface area contributed by atoms with Gasteiger partial charge in [-0.15, -0.1) is 0 Å². The third-order valence-electron chi connectivity index (χ3n) is 4.91. The van der Waals surface area contributed by atoms with Crippen LogP contribution in [0.25, 0.3) is 0 Å². The Kier molecular flexibility index (Phi) is 4.85. The minimum atomic E-state index is -0.402. The Morgan fingerprint density at radius 2 is 1.86 bits per heavy atom. The number of aliphatic hydroxyl groups is 1. The zero-order chi connectivity index (χ0) is 14.7. The second-order valence-electron chi connectivity index (χ2n) is 6.64. The van der Waals surface area contributed by atoms with Gasteiger partial charge in [0.05, 0.1) is 5.60 Å². The maximum atomic E-state index is 10.1. The average molecular weight is 309 g/mol. The van der Waals surface area contributed by atoms with Crippen molar-refractivity contribution in [2.45, 2.75) is 50.3 Å². The smallest absolute Gasteiger partial charge is 0.0771 e. The number of halogens is 1. The molecular weight excluding hydrogens is 284 g/mol. The Morgan fingerprint density at radius 1 is 1.19 bits per heavy atom. The van der Waals surface area contributed by atoms with Gasteiger partial charge in [-0.3, -0.25) is 4.90 Å². The molecule has 3 nitrogen and oxygen atoms in total. The molecule has 0 spiro atoms. The van der Waals surface area contributed by atoms with Crippen molar-refractivity contribution in [2.75, 3.05) is 19.6 Å². The van der Waals surface area contributed by atoms with Crippen LogP contribution in [0, 0.1) is 0 Å². The molecule has 1 saturated carbocycles. The van der Waals surface area contributed by atoms with E-state index in [4.69, 9.17) is 11.6 Å². The number of nitrogens with one attached hydrogen (secondary N) is 1. The standard InChI is InChI=1S/C17H25ClN2O/c18-15-4-2-14(3-5-15)12-20-10-6-16(7-11-20)19-13-17(21)8-1-9-17/h2-5,16,19,21H,1,6-13H2. The summed E-state index contributed by atoms with van der Waals surface area (Å²) in [5.41, 5.74) is 0.926. The maximum Gasteiger partial charge on any atom is 0.0771 e. The average Bonchev–Trinajstić information content (AvgIpc) is 2.47. The summed E-state index contributed by atoms with van der Waals surface area (Å²) in [7, 11) is 0. The zero-order valence-electron chi connectivity index (χ0n) is 12.5. The molecule has 4 heteroatoms. The van der Waals surface area contributed by atoms with Gasteiger partial charge >= 0.3 is 0 Å². The number of piperidine rings is 1. The molecule has 0 radical (unpaired) electrons. The Bertz CT molecular complexity index is 450. The van der Waals surface area contributed by atoms with E-state index >= 15 is 0 Å². The van der Waals surface area contributed by atoms with Gasteiger partial charge in [0.15, 0.2) is 0 Å². The molecule has 116 valence electrons. The monoisotopic (exact) mass is 308 g/mol. The molecule has 1 aliphatic carbocycles. The minimum Gasteiger partial charge on any atom is -0.389 e. The molecule has 3 rings (SSSR count). The topological polar surface area (TPSA) is 35.5 Å². The van der Waals surface area contributed by atoms with Crippen molar-refractivity contribution in [3.8, 4) is 0 Å². The molecule has 21 heavy (non-hydrogen) atoms. The van der Waals surface area contributed by atoms with Crippen molar-refractivity contribution in [2.24, 2.45) is 0 Å². The second-order valence-corrected chi connectivity index (χ2v) is 7.07. The van der Waals surface area contributed by atoms with Gasteiger partial charge in [0, 0.05) is 24.2 Å². The van der Waals surface area contributed by atoms with Gasteiger partial charge in [0.2, 0.25) is 0 Å². The Balaban J connectivity index is 1.39. The Morgan fingerprint density at radius 3 is 2.43 bits per heavy atom. The fourth-order valence-electron chi connectivity index (χ4n) is 3.24. The Labute approximate surface area is 132 Å². The fourth-order valence-corrected chi connectivity index (χ4v) is 3.37. The molecule has 2 aliphatic rings. The van der Waals surface area contributed by atoms with Crippen molar-refractivity contribution in [1.29, 1.82) is 0 Å². The van der Waals surface area contributed by atoms with Crippen molar-refractivity contribution in [3.63, 3.8) is 0 Å². The molecule has 1 heterocycles.